The van der Waals surface area contributed by atoms with Gasteiger partial charge < -0.3 is 4.90 Å². The molecule has 0 N–H and O–H groups in total. The minimum absolute atomic E-state index is 0.638. The Morgan fingerprint density at radius 1 is 1.25 bits per heavy atom. The maximum atomic E-state index is 5.75. The molecule has 1 nitrogen and oxygen atoms in total. The molecule has 0 spiro atoms. The topological polar surface area (TPSA) is 3.24 Å². The van der Waals surface area contributed by atoms with Crippen LogP contribution in [0.15, 0.2) is 24.3 Å². The molecule has 0 unspecified atom stereocenters. The zero-order valence-electron chi connectivity index (χ0n) is 6.93. The SMILES string of the molecule is CN(CCCl)c1ccc(Cl)cc1. The van der Waals surface area contributed by atoms with Gasteiger partial charge in [-0.1, -0.05) is 11.6 Å². The lowest BCUT2D eigenvalue weighted by Gasteiger charge is -2.17. The molecule has 1 aromatic rings. The van der Waals surface area contributed by atoms with Crippen LogP contribution in [0.1, 0.15) is 0 Å². The predicted molar refractivity (Wildman–Crippen MR) is 55.4 cm³/mol. The molecule has 0 fully saturated rings. The molecule has 66 valence electrons. The minimum Gasteiger partial charge on any atom is -0.373 e. The molecule has 0 amide bonds. The quantitative estimate of drug-likeness (QED) is 0.684. The first-order valence-electron chi connectivity index (χ1n) is 3.76. The molecule has 0 bridgehead atoms. The molecule has 3 heteroatoms. The first kappa shape index (κ1) is 9.69. The summed E-state index contributed by atoms with van der Waals surface area (Å²) in [5.74, 6) is 0.638. The third-order valence-electron chi connectivity index (χ3n) is 1.69. The molecular formula is C9H11Cl2N. The first-order valence-corrected chi connectivity index (χ1v) is 4.68. The molecule has 1 rings (SSSR count). The standard InChI is InChI=1S/C9H11Cl2N/c1-12(7-6-10)9-4-2-8(11)3-5-9/h2-5H,6-7H2,1H3. The number of alkyl halides is 1. The van der Waals surface area contributed by atoms with Crippen molar-refractivity contribution in [3.63, 3.8) is 0 Å². The number of nitrogens with zero attached hydrogens (tertiary/aromatic N) is 1. The number of hydrogen-bond donors (Lipinski definition) is 0. The smallest absolute Gasteiger partial charge is 0.0407 e. The molecule has 0 aliphatic carbocycles. The largest absolute Gasteiger partial charge is 0.373 e. The summed E-state index contributed by atoms with van der Waals surface area (Å²) in [5, 5.41) is 0.762. The fourth-order valence-corrected chi connectivity index (χ4v) is 1.33. The van der Waals surface area contributed by atoms with Crippen LogP contribution >= 0.6 is 23.2 Å². The van der Waals surface area contributed by atoms with Gasteiger partial charge in [0.25, 0.3) is 0 Å². The van der Waals surface area contributed by atoms with Crippen molar-refractivity contribution in [3.05, 3.63) is 29.3 Å². The van der Waals surface area contributed by atoms with E-state index in [1.54, 1.807) is 0 Å². The highest BCUT2D eigenvalue weighted by Crippen LogP contribution is 2.16. The molecule has 0 aliphatic heterocycles. The Kier molecular flexibility index (Phi) is 3.70. The van der Waals surface area contributed by atoms with Crippen molar-refractivity contribution in [1.29, 1.82) is 0 Å². The maximum Gasteiger partial charge on any atom is 0.0407 e. The zero-order valence-corrected chi connectivity index (χ0v) is 8.44. The van der Waals surface area contributed by atoms with Crippen molar-refractivity contribution in [3.8, 4) is 0 Å². The molecule has 0 aromatic heterocycles. The van der Waals surface area contributed by atoms with Crippen LogP contribution in [0.5, 0.6) is 0 Å². The highest BCUT2D eigenvalue weighted by Gasteiger charge is 1.97. The Balaban J connectivity index is 2.68. The van der Waals surface area contributed by atoms with Crippen LogP contribution in [0.2, 0.25) is 5.02 Å². The molecule has 0 saturated carbocycles. The van der Waals surface area contributed by atoms with Crippen molar-refractivity contribution < 1.29 is 0 Å². The maximum absolute atomic E-state index is 5.75. The van der Waals surface area contributed by atoms with Crippen molar-refractivity contribution >= 4 is 28.9 Å². The summed E-state index contributed by atoms with van der Waals surface area (Å²) >= 11 is 11.4. The molecule has 0 saturated heterocycles. The highest BCUT2D eigenvalue weighted by atomic mass is 35.5. The predicted octanol–water partition coefficient (Wildman–Crippen LogP) is 3.02. The van der Waals surface area contributed by atoms with Gasteiger partial charge in [-0.2, -0.15) is 0 Å². The van der Waals surface area contributed by atoms with Gasteiger partial charge in [0, 0.05) is 30.2 Å². The number of rotatable bonds is 3. The van der Waals surface area contributed by atoms with Crippen LogP contribution in [0.4, 0.5) is 5.69 Å². The van der Waals surface area contributed by atoms with E-state index in [9.17, 15) is 0 Å². The summed E-state index contributed by atoms with van der Waals surface area (Å²) in [6.07, 6.45) is 0. The third kappa shape index (κ3) is 2.58. The monoisotopic (exact) mass is 203 g/mol. The molecule has 0 atom stereocenters. The van der Waals surface area contributed by atoms with Crippen molar-refractivity contribution in [2.24, 2.45) is 0 Å². The van der Waals surface area contributed by atoms with Gasteiger partial charge in [-0.25, -0.2) is 0 Å². The van der Waals surface area contributed by atoms with Crippen LogP contribution in [0, 0.1) is 0 Å². The highest BCUT2D eigenvalue weighted by molar-refractivity contribution is 6.30. The fourth-order valence-electron chi connectivity index (χ4n) is 0.951. The van der Waals surface area contributed by atoms with Crippen molar-refractivity contribution in [2.75, 3.05) is 24.4 Å². The van der Waals surface area contributed by atoms with E-state index in [-0.39, 0.29) is 0 Å². The molecule has 0 radical (unpaired) electrons. The van der Waals surface area contributed by atoms with Crippen molar-refractivity contribution in [2.45, 2.75) is 0 Å². The van der Waals surface area contributed by atoms with Gasteiger partial charge in [0.15, 0.2) is 0 Å². The second-order valence-corrected chi connectivity index (χ2v) is 3.40. The van der Waals surface area contributed by atoms with Crippen LogP contribution in [-0.4, -0.2) is 19.5 Å². The number of hydrogen-bond acceptors (Lipinski definition) is 1. The summed E-state index contributed by atoms with van der Waals surface area (Å²) < 4.78 is 0. The molecule has 0 heterocycles. The molecule has 12 heavy (non-hydrogen) atoms. The zero-order chi connectivity index (χ0) is 8.97. The lowest BCUT2D eigenvalue weighted by atomic mass is 10.3. The summed E-state index contributed by atoms with van der Waals surface area (Å²) in [6, 6.07) is 7.72. The van der Waals surface area contributed by atoms with Gasteiger partial charge in [0.2, 0.25) is 0 Å². The summed E-state index contributed by atoms with van der Waals surface area (Å²) in [6.45, 7) is 0.850. The van der Waals surface area contributed by atoms with Gasteiger partial charge in [-0.05, 0) is 24.3 Å². The van der Waals surface area contributed by atoms with Crippen LogP contribution in [0.25, 0.3) is 0 Å². The second kappa shape index (κ2) is 4.58. The Labute approximate surface area is 82.9 Å². The minimum atomic E-state index is 0.638. The van der Waals surface area contributed by atoms with Gasteiger partial charge >= 0.3 is 0 Å². The van der Waals surface area contributed by atoms with Gasteiger partial charge in [0.1, 0.15) is 0 Å². The van der Waals surface area contributed by atoms with E-state index in [0.29, 0.717) is 5.88 Å². The summed E-state index contributed by atoms with van der Waals surface area (Å²) in [5.41, 5.74) is 1.14. The summed E-state index contributed by atoms with van der Waals surface area (Å²) in [4.78, 5) is 2.09. The van der Waals surface area contributed by atoms with E-state index in [2.05, 4.69) is 4.90 Å². The Morgan fingerprint density at radius 3 is 2.33 bits per heavy atom. The van der Waals surface area contributed by atoms with Crippen LogP contribution in [-0.2, 0) is 0 Å². The fraction of sp³-hybridized carbons (Fsp3) is 0.333. The van der Waals surface area contributed by atoms with E-state index in [1.165, 1.54) is 0 Å². The first-order chi connectivity index (χ1) is 5.74. The average Bonchev–Trinajstić information content (AvgIpc) is 2.06. The lowest BCUT2D eigenvalue weighted by molar-refractivity contribution is 0.974. The van der Waals surface area contributed by atoms with Gasteiger partial charge in [0.05, 0.1) is 0 Å². The van der Waals surface area contributed by atoms with Crippen molar-refractivity contribution in [1.82, 2.24) is 0 Å². The van der Waals surface area contributed by atoms with E-state index in [1.807, 2.05) is 31.3 Å². The second-order valence-electron chi connectivity index (χ2n) is 2.59. The van der Waals surface area contributed by atoms with Crippen LogP contribution < -0.4 is 4.90 Å². The van der Waals surface area contributed by atoms with E-state index >= 15 is 0 Å². The Bertz CT molecular complexity index is 233. The molecule has 0 aliphatic rings. The lowest BCUT2D eigenvalue weighted by Crippen LogP contribution is -2.19. The average molecular weight is 204 g/mol. The summed E-state index contributed by atoms with van der Waals surface area (Å²) in [7, 11) is 2.01. The van der Waals surface area contributed by atoms with Crippen LogP contribution in [0.3, 0.4) is 0 Å². The Morgan fingerprint density at radius 2 is 1.83 bits per heavy atom. The van der Waals surface area contributed by atoms with E-state index in [4.69, 9.17) is 23.2 Å². The molecule has 1 aromatic carbocycles. The van der Waals surface area contributed by atoms with Gasteiger partial charge in [-0.15, -0.1) is 11.6 Å². The molecular weight excluding hydrogens is 193 g/mol. The number of halogens is 2. The van der Waals surface area contributed by atoms with E-state index < -0.39 is 0 Å². The number of anilines is 1. The Hall–Kier alpha value is -0.400. The normalized spacial score (nSPS) is 9.92. The van der Waals surface area contributed by atoms with E-state index in [0.717, 1.165) is 17.3 Å². The van der Waals surface area contributed by atoms with Gasteiger partial charge in [-0.3, -0.25) is 0 Å². The third-order valence-corrected chi connectivity index (χ3v) is 2.11. The number of benzene rings is 1.